The molecule has 2 saturated heterocycles. The quantitative estimate of drug-likeness (QED) is 0.261. The molecule has 0 radical (unpaired) electrons. The topological polar surface area (TPSA) is 120 Å². The SMILES string of the molecule is C#Cc1c(F)ccc2c1N([C@@H]1CCc3c(nc(OC[C@]4(C)C[C@@H](F)CN4c4cncnc4)nc3N3CCCCC(NC(=O)C=C)C3)C1)C[C@@](C)(O)C2. The van der Waals surface area contributed by atoms with Crippen LogP contribution in [-0.4, -0.2) is 93.1 Å². The van der Waals surface area contributed by atoms with E-state index in [1.165, 1.54) is 18.5 Å². The van der Waals surface area contributed by atoms with Crippen LogP contribution in [0, 0.1) is 18.2 Å². The summed E-state index contributed by atoms with van der Waals surface area (Å²) in [7, 11) is 0. The number of nitrogens with one attached hydrogen (secondary N) is 1. The summed E-state index contributed by atoms with van der Waals surface area (Å²) in [5, 5.41) is 14.4. The standard InChI is InChI=1S/C39H46F2N8O3/c1-5-30-32(41)13-10-25-16-39(4,51)22-48(35(25)30)28-11-12-31-33(15-28)45-37(46-36(31)47-14-8-7-9-27(21-47)44-34(50)6-2)52-23-38(3)17-26(40)20-49(38)29-18-42-24-43-19-29/h1,6,10,13,18-19,24,26-28,51H,2,7-9,11-12,14-17,20-23H2,3-4H3,(H,44,50)/t26-,27?,28-,38+,39+/m1/s1. The number of hydrogen-bond acceptors (Lipinski definition) is 10. The summed E-state index contributed by atoms with van der Waals surface area (Å²) in [5.41, 5.74) is 2.41. The Morgan fingerprint density at radius 2 is 2.02 bits per heavy atom. The summed E-state index contributed by atoms with van der Waals surface area (Å²) in [5.74, 6) is 2.65. The molecular weight excluding hydrogens is 666 g/mol. The number of terminal acetylenes is 1. The maximum atomic E-state index is 15.1. The monoisotopic (exact) mass is 712 g/mol. The highest BCUT2D eigenvalue weighted by Crippen LogP contribution is 2.41. The first-order chi connectivity index (χ1) is 25.0. The average Bonchev–Trinajstić information content (AvgIpc) is 3.26. The molecule has 274 valence electrons. The number of amides is 1. The van der Waals surface area contributed by atoms with Crippen molar-refractivity contribution in [1.29, 1.82) is 0 Å². The Bertz CT molecular complexity index is 1870. The fourth-order valence-electron chi connectivity index (χ4n) is 8.58. The number of β-amino-alcohol motifs (C(OH)–C–C–N with tert-alkyl or cyclic N) is 1. The number of fused-ring (bicyclic) bond motifs is 2. The minimum absolute atomic E-state index is 0.0935. The van der Waals surface area contributed by atoms with Gasteiger partial charge in [0.15, 0.2) is 0 Å². The Kier molecular flexibility index (Phi) is 9.78. The summed E-state index contributed by atoms with van der Waals surface area (Å²) in [6.07, 6.45) is 16.0. The number of alkyl halides is 1. The summed E-state index contributed by atoms with van der Waals surface area (Å²) in [6, 6.07) is 3.04. The van der Waals surface area contributed by atoms with Crippen molar-refractivity contribution in [2.45, 2.75) is 94.6 Å². The van der Waals surface area contributed by atoms with Crippen molar-refractivity contribution in [2.24, 2.45) is 0 Å². The van der Waals surface area contributed by atoms with Crippen molar-refractivity contribution >= 4 is 23.1 Å². The van der Waals surface area contributed by atoms with Crippen LogP contribution in [0.25, 0.3) is 0 Å². The van der Waals surface area contributed by atoms with Crippen LogP contribution >= 0.6 is 0 Å². The summed E-state index contributed by atoms with van der Waals surface area (Å²) >= 11 is 0. The zero-order valence-corrected chi connectivity index (χ0v) is 29.8. The summed E-state index contributed by atoms with van der Waals surface area (Å²) < 4.78 is 36.5. The van der Waals surface area contributed by atoms with Gasteiger partial charge in [-0.25, -0.2) is 18.7 Å². The van der Waals surface area contributed by atoms with Gasteiger partial charge in [-0.05, 0) is 63.7 Å². The predicted octanol–water partition coefficient (Wildman–Crippen LogP) is 4.11. The summed E-state index contributed by atoms with van der Waals surface area (Å²) in [6.45, 7) is 9.27. The molecule has 0 bridgehead atoms. The third-order valence-electron chi connectivity index (χ3n) is 10.9. The molecule has 2 N–H and O–H groups in total. The normalized spacial score (nSPS) is 27.2. The highest BCUT2D eigenvalue weighted by Gasteiger charge is 2.44. The number of rotatable bonds is 8. The van der Waals surface area contributed by atoms with Crippen LogP contribution in [0.15, 0.2) is 43.5 Å². The van der Waals surface area contributed by atoms with Crippen LogP contribution in [0.3, 0.4) is 0 Å². The number of hydrogen-bond donors (Lipinski definition) is 2. The highest BCUT2D eigenvalue weighted by molar-refractivity contribution is 5.87. The molecule has 1 unspecified atom stereocenters. The zero-order chi connectivity index (χ0) is 36.6. The van der Waals surface area contributed by atoms with E-state index in [9.17, 15) is 14.3 Å². The van der Waals surface area contributed by atoms with E-state index in [1.807, 2.05) is 11.8 Å². The molecule has 4 aliphatic rings. The van der Waals surface area contributed by atoms with Crippen molar-refractivity contribution in [3.63, 3.8) is 0 Å². The van der Waals surface area contributed by atoms with E-state index in [1.54, 1.807) is 25.4 Å². The van der Waals surface area contributed by atoms with E-state index in [4.69, 9.17) is 21.1 Å². The Morgan fingerprint density at radius 3 is 2.79 bits per heavy atom. The van der Waals surface area contributed by atoms with E-state index in [0.717, 1.165) is 48.4 Å². The molecular formula is C39H46F2N8O3. The molecule has 13 heteroatoms. The second kappa shape index (κ2) is 14.3. The minimum atomic E-state index is -1.06. The molecule has 5 atom stereocenters. The minimum Gasteiger partial charge on any atom is -0.461 e. The molecule has 3 aromatic rings. The maximum Gasteiger partial charge on any atom is 0.318 e. The number of carbonyl (C=O) groups excluding carboxylic acids is 1. The molecule has 0 saturated carbocycles. The zero-order valence-electron chi connectivity index (χ0n) is 29.8. The van der Waals surface area contributed by atoms with Gasteiger partial charge in [-0.3, -0.25) is 4.79 Å². The number of halogens is 2. The van der Waals surface area contributed by atoms with Gasteiger partial charge in [0.25, 0.3) is 0 Å². The lowest BCUT2D eigenvalue weighted by molar-refractivity contribution is -0.117. The number of benzene rings is 1. The molecule has 3 aliphatic heterocycles. The molecule has 1 aromatic carbocycles. The van der Waals surface area contributed by atoms with Crippen molar-refractivity contribution in [3.8, 4) is 18.4 Å². The number of aromatic nitrogens is 4. The van der Waals surface area contributed by atoms with Gasteiger partial charge in [0, 0.05) is 56.5 Å². The van der Waals surface area contributed by atoms with Crippen molar-refractivity contribution in [2.75, 3.05) is 47.5 Å². The number of anilines is 3. The molecule has 11 nitrogen and oxygen atoms in total. The second-order valence-electron chi connectivity index (χ2n) is 15.2. The van der Waals surface area contributed by atoms with E-state index in [-0.39, 0.29) is 55.7 Å². The van der Waals surface area contributed by atoms with Crippen molar-refractivity contribution < 1.29 is 23.4 Å². The highest BCUT2D eigenvalue weighted by atomic mass is 19.1. The maximum absolute atomic E-state index is 15.1. The first kappa shape index (κ1) is 35.6. The van der Waals surface area contributed by atoms with Gasteiger partial charge in [0.2, 0.25) is 5.91 Å². The smallest absolute Gasteiger partial charge is 0.318 e. The Morgan fingerprint density at radius 1 is 1.21 bits per heavy atom. The summed E-state index contributed by atoms with van der Waals surface area (Å²) in [4.78, 5) is 36.8. The molecule has 2 aromatic heterocycles. The number of aliphatic hydroxyl groups is 1. The lowest BCUT2D eigenvalue weighted by atomic mass is 9.84. The van der Waals surface area contributed by atoms with Gasteiger partial charge < -0.3 is 29.9 Å². The Labute approximate surface area is 303 Å². The molecule has 52 heavy (non-hydrogen) atoms. The van der Waals surface area contributed by atoms with Gasteiger partial charge in [0.1, 0.15) is 30.7 Å². The number of carbonyl (C=O) groups is 1. The van der Waals surface area contributed by atoms with Crippen molar-refractivity contribution in [1.82, 2.24) is 25.3 Å². The Hall–Kier alpha value is -4.83. The first-order valence-corrected chi connectivity index (χ1v) is 18.1. The second-order valence-corrected chi connectivity index (χ2v) is 15.2. The largest absolute Gasteiger partial charge is 0.461 e. The van der Waals surface area contributed by atoms with Crippen LogP contribution in [0.2, 0.25) is 0 Å². The van der Waals surface area contributed by atoms with Crippen molar-refractivity contribution in [3.05, 3.63) is 71.7 Å². The third kappa shape index (κ3) is 7.13. The molecule has 5 heterocycles. The molecule has 1 aliphatic carbocycles. The predicted molar refractivity (Wildman–Crippen MR) is 195 cm³/mol. The van der Waals surface area contributed by atoms with E-state index >= 15 is 4.39 Å². The van der Waals surface area contributed by atoms with Gasteiger partial charge >= 0.3 is 6.01 Å². The molecule has 0 spiro atoms. The van der Waals surface area contributed by atoms with Gasteiger partial charge in [-0.2, -0.15) is 9.97 Å². The van der Waals surface area contributed by atoms with Crippen LogP contribution < -0.4 is 24.8 Å². The van der Waals surface area contributed by atoms with Crippen LogP contribution in [0.1, 0.15) is 68.3 Å². The van der Waals surface area contributed by atoms with E-state index in [2.05, 4.69) is 37.6 Å². The lowest BCUT2D eigenvalue weighted by Gasteiger charge is -2.46. The molecule has 1 amide bonds. The fraction of sp³-hybridized carbons (Fsp3) is 0.513. The van der Waals surface area contributed by atoms with E-state index < -0.39 is 23.1 Å². The van der Waals surface area contributed by atoms with Crippen LogP contribution in [-0.2, 0) is 24.1 Å². The van der Waals surface area contributed by atoms with Gasteiger partial charge in [0.05, 0.1) is 52.7 Å². The Balaban J connectivity index is 1.24. The third-order valence-corrected chi connectivity index (χ3v) is 10.9. The lowest BCUT2D eigenvalue weighted by Crippen LogP contribution is -2.53. The van der Waals surface area contributed by atoms with Crippen LogP contribution in [0.4, 0.5) is 26.0 Å². The first-order valence-electron chi connectivity index (χ1n) is 18.1. The fourth-order valence-corrected chi connectivity index (χ4v) is 8.58. The number of ether oxygens (including phenoxy) is 1. The van der Waals surface area contributed by atoms with E-state index in [0.29, 0.717) is 43.6 Å². The molecule has 2 fully saturated rings. The average molecular weight is 713 g/mol. The van der Waals surface area contributed by atoms with Gasteiger partial charge in [-0.15, -0.1) is 6.42 Å². The van der Waals surface area contributed by atoms with Crippen LogP contribution in [0.5, 0.6) is 6.01 Å². The van der Waals surface area contributed by atoms with Gasteiger partial charge in [-0.1, -0.05) is 18.6 Å². The molecule has 7 rings (SSSR count). The number of nitrogens with zero attached hydrogens (tertiary/aromatic N) is 7.